The van der Waals surface area contributed by atoms with E-state index in [1.165, 1.54) is 24.3 Å². The molecule has 0 fully saturated rings. The minimum Gasteiger partial charge on any atom is -0.481 e. The fraction of sp³-hybridized carbons (Fsp3) is 0.158. The van der Waals surface area contributed by atoms with Crippen molar-refractivity contribution in [1.29, 1.82) is 0 Å². The van der Waals surface area contributed by atoms with Crippen molar-refractivity contribution in [1.82, 2.24) is 0 Å². The van der Waals surface area contributed by atoms with Crippen molar-refractivity contribution in [3.8, 4) is 11.1 Å². The Bertz CT molecular complexity index is 1030. The lowest BCUT2D eigenvalue weighted by Crippen LogP contribution is -2.12. The lowest BCUT2D eigenvalue weighted by molar-refractivity contribution is -0.141. The van der Waals surface area contributed by atoms with E-state index < -0.39 is 23.3 Å². The van der Waals surface area contributed by atoms with Crippen molar-refractivity contribution in [3.63, 3.8) is 0 Å². The molecule has 25 heavy (non-hydrogen) atoms. The number of hydrogen-bond acceptors (Lipinski definition) is 3. The van der Waals surface area contributed by atoms with Gasteiger partial charge in [-0.25, -0.2) is 9.18 Å². The maximum Gasteiger partial charge on any atom is 0.336 e. The molecule has 3 aromatic rings. The zero-order valence-electron chi connectivity index (χ0n) is 13.3. The summed E-state index contributed by atoms with van der Waals surface area (Å²) in [5.74, 6) is -1.92. The lowest BCUT2D eigenvalue weighted by Gasteiger charge is -2.10. The van der Waals surface area contributed by atoms with Crippen LogP contribution in [-0.4, -0.2) is 11.1 Å². The van der Waals surface area contributed by atoms with Gasteiger partial charge in [0.05, 0.1) is 10.9 Å². The zero-order valence-corrected chi connectivity index (χ0v) is 14.0. The third-order valence-electron chi connectivity index (χ3n) is 3.99. The third-order valence-corrected chi connectivity index (χ3v) is 4.31. The van der Waals surface area contributed by atoms with Crippen molar-refractivity contribution < 1.29 is 18.7 Å². The molecule has 0 amide bonds. The average Bonchev–Trinajstić information content (AvgIpc) is 2.53. The largest absolute Gasteiger partial charge is 0.481 e. The van der Waals surface area contributed by atoms with Crippen molar-refractivity contribution >= 4 is 28.5 Å². The molecule has 0 radical (unpaired) electrons. The first kappa shape index (κ1) is 17.2. The Kier molecular flexibility index (Phi) is 4.59. The first-order valence-electron chi connectivity index (χ1n) is 7.60. The van der Waals surface area contributed by atoms with Crippen LogP contribution in [0.15, 0.2) is 51.7 Å². The van der Waals surface area contributed by atoms with Gasteiger partial charge >= 0.3 is 11.6 Å². The van der Waals surface area contributed by atoms with Gasteiger partial charge in [-0.1, -0.05) is 30.7 Å². The Morgan fingerprint density at radius 3 is 2.64 bits per heavy atom. The number of aliphatic carboxylic acids is 1. The number of benzene rings is 2. The van der Waals surface area contributed by atoms with E-state index in [2.05, 4.69) is 0 Å². The second-order valence-electron chi connectivity index (χ2n) is 5.88. The number of halogens is 2. The maximum atomic E-state index is 13.3. The van der Waals surface area contributed by atoms with Crippen molar-refractivity contribution in [3.05, 3.63) is 69.3 Å². The number of fused-ring (bicyclic) bond motifs is 1. The molecule has 2 aromatic carbocycles. The van der Waals surface area contributed by atoms with Gasteiger partial charge in [0.1, 0.15) is 11.4 Å². The number of carbonyl (C=O) groups is 1. The summed E-state index contributed by atoms with van der Waals surface area (Å²) in [5, 5.41) is 9.86. The molecule has 1 aromatic heterocycles. The minimum atomic E-state index is -0.895. The molecule has 0 spiro atoms. The summed E-state index contributed by atoms with van der Waals surface area (Å²) < 4.78 is 18.5. The van der Waals surface area contributed by atoms with Crippen LogP contribution in [-0.2, 0) is 11.2 Å². The smallest absolute Gasteiger partial charge is 0.336 e. The zero-order chi connectivity index (χ0) is 18.1. The van der Waals surface area contributed by atoms with Crippen LogP contribution in [0.4, 0.5) is 4.39 Å². The van der Waals surface area contributed by atoms with E-state index in [1.807, 2.05) is 0 Å². The number of carboxylic acid groups (broad SMARTS) is 1. The van der Waals surface area contributed by atoms with Crippen molar-refractivity contribution in [2.24, 2.45) is 5.92 Å². The van der Waals surface area contributed by atoms with Crippen LogP contribution in [0, 0.1) is 11.7 Å². The molecule has 0 aliphatic carbocycles. The molecule has 0 bridgehead atoms. The van der Waals surface area contributed by atoms with Crippen molar-refractivity contribution in [2.45, 2.75) is 13.3 Å². The molecule has 0 aliphatic rings. The summed E-state index contributed by atoms with van der Waals surface area (Å²) in [6.07, 6.45) is 0.316. The van der Waals surface area contributed by atoms with Crippen LogP contribution in [0.25, 0.3) is 22.1 Å². The van der Waals surface area contributed by atoms with Gasteiger partial charge in [0.25, 0.3) is 0 Å². The molecule has 6 heteroatoms. The topological polar surface area (TPSA) is 67.5 Å². The van der Waals surface area contributed by atoms with E-state index >= 15 is 0 Å². The fourth-order valence-corrected chi connectivity index (χ4v) is 2.97. The quantitative estimate of drug-likeness (QED) is 0.695. The Morgan fingerprint density at radius 2 is 1.96 bits per heavy atom. The Morgan fingerprint density at radius 1 is 1.20 bits per heavy atom. The summed E-state index contributed by atoms with van der Waals surface area (Å²) in [5.41, 5.74) is 1.57. The predicted molar refractivity (Wildman–Crippen MR) is 93.4 cm³/mol. The van der Waals surface area contributed by atoms with Gasteiger partial charge in [-0.05, 0) is 36.2 Å². The summed E-state index contributed by atoms with van der Waals surface area (Å²) in [7, 11) is 0. The first-order chi connectivity index (χ1) is 11.8. The summed E-state index contributed by atoms with van der Waals surface area (Å²) in [6.45, 7) is 1.61. The van der Waals surface area contributed by atoms with Gasteiger partial charge in [-0.3, -0.25) is 4.79 Å². The van der Waals surface area contributed by atoms with E-state index in [-0.39, 0.29) is 5.02 Å². The molecular weight excluding hydrogens is 347 g/mol. The van der Waals surface area contributed by atoms with Gasteiger partial charge in [0.2, 0.25) is 0 Å². The second-order valence-corrected chi connectivity index (χ2v) is 6.28. The van der Waals surface area contributed by atoms with Crippen LogP contribution in [0.2, 0.25) is 5.02 Å². The minimum absolute atomic E-state index is 0.190. The normalized spacial score (nSPS) is 12.3. The highest BCUT2D eigenvalue weighted by Gasteiger charge is 2.15. The standard InChI is InChI=1S/C19H14ClFO4/c1-10(19(23)24)6-11-2-4-14-15(9-18(22)25-17(14)7-11)13-5-3-12(21)8-16(13)20/h2-5,7-10H,6H2,1H3,(H,23,24). The number of rotatable bonds is 4. The molecular formula is C19H14ClFO4. The molecule has 4 nitrogen and oxygen atoms in total. The van der Waals surface area contributed by atoms with Crippen molar-refractivity contribution in [2.75, 3.05) is 0 Å². The predicted octanol–water partition coefficient (Wildman–Crippen LogP) is 4.52. The average molecular weight is 361 g/mol. The van der Waals surface area contributed by atoms with Crippen LogP contribution in [0.5, 0.6) is 0 Å². The summed E-state index contributed by atoms with van der Waals surface area (Å²) >= 11 is 6.11. The maximum absolute atomic E-state index is 13.3. The monoisotopic (exact) mass is 360 g/mol. The first-order valence-corrected chi connectivity index (χ1v) is 7.98. The SMILES string of the molecule is CC(Cc1ccc2c(-c3ccc(F)cc3Cl)cc(=O)oc2c1)C(=O)O. The van der Waals surface area contributed by atoms with E-state index in [0.717, 1.165) is 5.56 Å². The van der Waals surface area contributed by atoms with Crippen LogP contribution in [0.3, 0.4) is 0 Å². The third kappa shape index (κ3) is 3.56. The van der Waals surface area contributed by atoms with E-state index in [0.29, 0.717) is 28.5 Å². The number of hydrogen-bond donors (Lipinski definition) is 1. The molecule has 3 rings (SSSR count). The fourth-order valence-electron chi connectivity index (χ4n) is 2.71. The molecule has 0 aliphatic heterocycles. The Labute approximate surface area is 147 Å². The second kappa shape index (κ2) is 6.69. The number of carboxylic acids is 1. The van der Waals surface area contributed by atoms with Gasteiger partial charge < -0.3 is 9.52 Å². The van der Waals surface area contributed by atoms with E-state index in [9.17, 15) is 14.0 Å². The molecule has 1 N–H and O–H groups in total. The Hall–Kier alpha value is -2.66. The molecule has 128 valence electrons. The van der Waals surface area contributed by atoms with Gasteiger partial charge in [-0.15, -0.1) is 0 Å². The van der Waals surface area contributed by atoms with E-state index in [1.54, 1.807) is 25.1 Å². The summed E-state index contributed by atoms with van der Waals surface area (Å²) in [4.78, 5) is 22.9. The molecule has 0 saturated carbocycles. The van der Waals surface area contributed by atoms with Crippen LogP contribution >= 0.6 is 11.6 Å². The van der Waals surface area contributed by atoms with Gasteiger partial charge in [0, 0.05) is 22.6 Å². The highest BCUT2D eigenvalue weighted by atomic mass is 35.5. The molecule has 0 saturated heterocycles. The lowest BCUT2D eigenvalue weighted by atomic mass is 9.97. The van der Waals surface area contributed by atoms with Crippen LogP contribution < -0.4 is 5.63 Å². The molecule has 1 atom stereocenters. The van der Waals surface area contributed by atoms with Gasteiger partial charge in [-0.2, -0.15) is 0 Å². The highest BCUT2D eigenvalue weighted by molar-refractivity contribution is 6.33. The Balaban J connectivity index is 2.14. The molecule has 1 heterocycles. The highest BCUT2D eigenvalue weighted by Crippen LogP contribution is 2.33. The van der Waals surface area contributed by atoms with E-state index in [4.69, 9.17) is 21.1 Å². The summed E-state index contributed by atoms with van der Waals surface area (Å²) in [6, 6.07) is 10.4. The molecule has 1 unspecified atom stereocenters. The van der Waals surface area contributed by atoms with Crippen LogP contribution in [0.1, 0.15) is 12.5 Å². The van der Waals surface area contributed by atoms with Gasteiger partial charge in [0.15, 0.2) is 0 Å².